The monoisotopic (exact) mass is 265 g/mol. The minimum absolute atomic E-state index is 0.175. The highest BCUT2D eigenvalue weighted by Gasteiger charge is 2.14. The molecule has 0 saturated carbocycles. The minimum Gasteiger partial charge on any atom is -0.469 e. The maximum atomic E-state index is 13.6. The molecule has 0 spiro atoms. The summed E-state index contributed by atoms with van der Waals surface area (Å²) in [6, 6.07) is 6.46. The van der Waals surface area contributed by atoms with E-state index in [-0.39, 0.29) is 18.2 Å². The molecule has 0 saturated heterocycles. The molecule has 0 aliphatic rings. The topological polar surface area (TPSA) is 39.2 Å². The maximum Gasteiger partial charge on any atom is 0.310 e. The molecule has 94 valence electrons. The Labute approximate surface area is 108 Å². The summed E-state index contributed by atoms with van der Waals surface area (Å²) in [6.45, 7) is 1.80. The lowest BCUT2D eigenvalue weighted by atomic mass is 10.2. The molecule has 2 aromatic rings. The molecule has 18 heavy (non-hydrogen) atoms. The molecule has 3 nitrogen and oxygen atoms in total. The van der Waals surface area contributed by atoms with Crippen LogP contribution < -0.4 is 0 Å². The Morgan fingerprint density at radius 3 is 2.83 bits per heavy atom. The summed E-state index contributed by atoms with van der Waals surface area (Å²) in [5.41, 5.74) is 1.20. The molecule has 2 rings (SSSR count). The summed E-state index contributed by atoms with van der Waals surface area (Å²) in [6.07, 6.45) is 0.175. The van der Waals surface area contributed by atoms with E-state index in [4.69, 9.17) is 0 Å². The Morgan fingerprint density at radius 1 is 1.44 bits per heavy atom. The number of rotatable bonds is 3. The number of aryl methyl sites for hydroxylation is 1. The first kappa shape index (κ1) is 12.7. The summed E-state index contributed by atoms with van der Waals surface area (Å²) in [5, 5.41) is 0.588. The normalized spacial score (nSPS) is 10.4. The first-order chi connectivity index (χ1) is 8.61. The van der Waals surface area contributed by atoms with Gasteiger partial charge in [0.05, 0.1) is 19.2 Å². The second-order valence-corrected chi connectivity index (χ2v) is 4.84. The van der Waals surface area contributed by atoms with E-state index in [1.807, 2.05) is 0 Å². The molecule has 0 radical (unpaired) electrons. The molecule has 0 aliphatic heterocycles. The zero-order valence-electron chi connectivity index (χ0n) is 10.1. The minimum atomic E-state index is -0.318. The van der Waals surface area contributed by atoms with Gasteiger partial charge in [-0.05, 0) is 19.1 Å². The van der Waals surface area contributed by atoms with Gasteiger partial charge in [0, 0.05) is 10.4 Å². The highest BCUT2D eigenvalue weighted by atomic mass is 32.1. The van der Waals surface area contributed by atoms with Gasteiger partial charge in [-0.1, -0.05) is 12.1 Å². The fraction of sp³-hybridized carbons (Fsp3) is 0.231. The number of nitrogens with zero attached hydrogens (tertiary/aromatic N) is 1. The van der Waals surface area contributed by atoms with E-state index in [0.717, 1.165) is 10.6 Å². The Bertz CT molecular complexity index is 580. The Hall–Kier alpha value is -1.75. The van der Waals surface area contributed by atoms with E-state index in [2.05, 4.69) is 9.72 Å². The predicted molar refractivity (Wildman–Crippen MR) is 68.0 cm³/mol. The number of hydrogen-bond acceptors (Lipinski definition) is 4. The summed E-state index contributed by atoms with van der Waals surface area (Å²) in [7, 11) is 1.34. The largest absolute Gasteiger partial charge is 0.469 e. The molecule has 0 atom stereocenters. The average molecular weight is 265 g/mol. The number of carbonyl (C=O) groups is 1. The van der Waals surface area contributed by atoms with Crippen molar-refractivity contribution in [1.29, 1.82) is 0 Å². The van der Waals surface area contributed by atoms with Crippen molar-refractivity contribution in [2.24, 2.45) is 0 Å². The fourth-order valence-electron chi connectivity index (χ4n) is 1.55. The van der Waals surface area contributed by atoms with Gasteiger partial charge in [0.25, 0.3) is 0 Å². The van der Waals surface area contributed by atoms with Crippen molar-refractivity contribution in [3.8, 4) is 10.6 Å². The van der Waals surface area contributed by atoms with Crippen molar-refractivity contribution in [3.63, 3.8) is 0 Å². The highest BCUT2D eigenvalue weighted by Crippen LogP contribution is 2.29. The van der Waals surface area contributed by atoms with Crippen molar-refractivity contribution in [2.45, 2.75) is 13.3 Å². The van der Waals surface area contributed by atoms with Gasteiger partial charge >= 0.3 is 5.97 Å². The van der Waals surface area contributed by atoms with Gasteiger partial charge < -0.3 is 4.74 Å². The molecule has 1 aromatic carbocycles. The molecular formula is C13H12FNO2S. The average Bonchev–Trinajstić information content (AvgIpc) is 2.71. The predicted octanol–water partition coefficient (Wildman–Crippen LogP) is 2.97. The van der Waals surface area contributed by atoms with Gasteiger partial charge in [-0.2, -0.15) is 0 Å². The smallest absolute Gasteiger partial charge is 0.310 e. The first-order valence-electron chi connectivity index (χ1n) is 5.40. The van der Waals surface area contributed by atoms with E-state index < -0.39 is 0 Å². The van der Waals surface area contributed by atoms with Crippen molar-refractivity contribution in [2.75, 3.05) is 7.11 Å². The number of carbonyl (C=O) groups excluding carboxylic acids is 1. The highest BCUT2D eigenvalue weighted by molar-refractivity contribution is 7.15. The Morgan fingerprint density at radius 2 is 2.17 bits per heavy atom. The SMILES string of the molecule is COC(=O)Cc1sc(-c2ccccc2F)nc1C. The zero-order valence-corrected chi connectivity index (χ0v) is 10.9. The van der Waals surface area contributed by atoms with Crippen LogP contribution in [0.25, 0.3) is 10.6 Å². The van der Waals surface area contributed by atoms with E-state index in [9.17, 15) is 9.18 Å². The fourth-order valence-corrected chi connectivity index (χ4v) is 2.62. The standard InChI is InChI=1S/C13H12FNO2S/c1-8-11(7-12(16)17-2)18-13(15-8)9-5-3-4-6-10(9)14/h3-6H,7H2,1-2H3. The van der Waals surface area contributed by atoms with Gasteiger partial charge in [-0.25, -0.2) is 9.37 Å². The molecule has 0 bridgehead atoms. The van der Waals surface area contributed by atoms with Crippen LogP contribution in [-0.4, -0.2) is 18.1 Å². The van der Waals surface area contributed by atoms with Crippen molar-refractivity contribution < 1.29 is 13.9 Å². The van der Waals surface area contributed by atoms with E-state index >= 15 is 0 Å². The summed E-state index contributed by atoms with van der Waals surface area (Å²) in [5.74, 6) is -0.627. The van der Waals surface area contributed by atoms with Gasteiger partial charge in [0.2, 0.25) is 0 Å². The van der Waals surface area contributed by atoms with Crippen LogP contribution in [0.1, 0.15) is 10.6 Å². The van der Waals surface area contributed by atoms with Crippen molar-refractivity contribution in [3.05, 3.63) is 40.7 Å². The van der Waals surface area contributed by atoms with E-state index in [0.29, 0.717) is 10.6 Å². The van der Waals surface area contributed by atoms with Gasteiger partial charge in [0.15, 0.2) is 0 Å². The number of hydrogen-bond donors (Lipinski definition) is 0. The van der Waals surface area contributed by atoms with Crippen LogP contribution in [0.5, 0.6) is 0 Å². The number of thiazole rings is 1. The molecule has 0 N–H and O–H groups in total. The first-order valence-corrected chi connectivity index (χ1v) is 6.21. The van der Waals surface area contributed by atoms with Gasteiger partial charge in [0.1, 0.15) is 10.8 Å². The van der Waals surface area contributed by atoms with Crippen LogP contribution in [0.15, 0.2) is 24.3 Å². The van der Waals surface area contributed by atoms with Crippen LogP contribution in [0, 0.1) is 12.7 Å². The molecule has 1 heterocycles. The molecule has 0 amide bonds. The lowest BCUT2D eigenvalue weighted by Gasteiger charge is -1.97. The lowest BCUT2D eigenvalue weighted by molar-refractivity contribution is -0.139. The molecule has 0 unspecified atom stereocenters. The number of methoxy groups -OCH3 is 1. The molecule has 1 aromatic heterocycles. The number of benzene rings is 1. The second kappa shape index (κ2) is 5.27. The maximum absolute atomic E-state index is 13.6. The third kappa shape index (κ3) is 2.56. The van der Waals surface area contributed by atoms with Gasteiger partial charge in [-0.3, -0.25) is 4.79 Å². The van der Waals surface area contributed by atoms with Gasteiger partial charge in [-0.15, -0.1) is 11.3 Å². The van der Waals surface area contributed by atoms with Crippen LogP contribution in [0.4, 0.5) is 4.39 Å². The number of aromatic nitrogens is 1. The third-order valence-electron chi connectivity index (χ3n) is 2.53. The number of ether oxygens (including phenoxy) is 1. The lowest BCUT2D eigenvalue weighted by Crippen LogP contribution is -2.03. The van der Waals surface area contributed by atoms with Crippen LogP contribution in [0.2, 0.25) is 0 Å². The molecule has 5 heteroatoms. The van der Waals surface area contributed by atoms with Crippen LogP contribution in [0.3, 0.4) is 0 Å². The molecule has 0 aliphatic carbocycles. The summed E-state index contributed by atoms with van der Waals surface area (Å²) >= 11 is 1.32. The van der Waals surface area contributed by atoms with E-state index in [1.54, 1.807) is 25.1 Å². The number of esters is 1. The van der Waals surface area contributed by atoms with E-state index in [1.165, 1.54) is 24.5 Å². The summed E-state index contributed by atoms with van der Waals surface area (Å²) < 4.78 is 18.2. The molecule has 0 fully saturated rings. The quantitative estimate of drug-likeness (QED) is 0.801. The van der Waals surface area contributed by atoms with Crippen molar-refractivity contribution in [1.82, 2.24) is 4.98 Å². The Kier molecular flexibility index (Phi) is 3.72. The van der Waals surface area contributed by atoms with Crippen LogP contribution in [-0.2, 0) is 16.0 Å². The number of halogens is 1. The zero-order chi connectivity index (χ0) is 13.1. The third-order valence-corrected chi connectivity index (χ3v) is 3.72. The van der Waals surface area contributed by atoms with Crippen molar-refractivity contribution >= 4 is 17.3 Å². The summed E-state index contributed by atoms with van der Waals surface area (Å²) in [4.78, 5) is 16.3. The second-order valence-electron chi connectivity index (χ2n) is 3.76. The Balaban J connectivity index is 2.34. The molecular weight excluding hydrogens is 253 g/mol. The van der Waals surface area contributed by atoms with Crippen LogP contribution >= 0.6 is 11.3 Å².